The summed E-state index contributed by atoms with van der Waals surface area (Å²) in [6.45, 7) is 9.96. The minimum Gasteiger partial charge on any atom is -0.341 e. The maximum Gasteiger partial charge on any atom is 0.267 e. The smallest absolute Gasteiger partial charge is 0.267 e. The topological polar surface area (TPSA) is 55.2 Å². The van der Waals surface area contributed by atoms with Crippen molar-refractivity contribution in [1.29, 1.82) is 0 Å². The average molecular weight is 353 g/mol. The number of hydrogen-bond acceptors (Lipinski definition) is 3. The Balaban J connectivity index is 1.82. The molecule has 26 heavy (non-hydrogen) atoms. The summed E-state index contributed by atoms with van der Waals surface area (Å²) in [5, 5.41) is 4.44. The summed E-state index contributed by atoms with van der Waals surface area (Å²) in [6, 6.07) is 9.31. The number of aromatic nitrogens is 2. The lowest BCUT2D eigenvalue weighted by Crippen LogP contribution is -2.45. The Morgan fingerprint density at radius 3 is 2.42 bits per heavy atom. The minimum absolute atomic E-state index is 0.00302. The van der Waals surface area contributed by atoms with Crippen LogP contribution in [0.5, 0.6) is 0 Å². The van der Waals surface area contributed by atoms with Crippen molar-refractivity contribution in [2.24, 2.45) is 11.8 Å². The molecule has 0 bridgehead atoms. The lowest BCUT2D eigenvalue weighted by atomic mass is 9.92. The van der Waals surface area contributed by atoms with Gasteiger partial charge in [-0.1, -0.05) is 26.0 Å². The Morgan fingerprint density at radius 2 is 1.77 bits per heavy atom. The Kier molecular flexibility index (Phi) is 5.25. The Hall–Kier alpha value is -2.43. The van der Waals surface area contributed by atoms with Crippen LogP contribution in [0.1, 0.15) is 31.4 Å². The van der Waals surface area contributed by atoms with Crippen LogP contribution >= 0.6 is 0 Å². The highest BCUT2D eigenvalue weighted by atomic mass is 16.2. The molecule has 1 aromatic heterocycles. The van der Waals surface area contributed by atoms with Gasteiger partial charge in [0.15, 0.2) is 0 Å². The van der Waals surface area contributed by atoms with Gasteiger partial charge in [-0.2, -0.15) is 5.10 Å². The first-order valence-electron chi connectivity index (χ1n) is 9.27. The lowest BCUT2D eigenvalue weighted by molar-refractivity contribution is -0.134. The second-order valence-corrected chi connectivity index (χ2v) is 7.76. The molecule has 2 heterocycles. The van der Waals surface area contributed by atoms with Crippen LogP contribution in [0.4, 0.5) is 0 Å². The third-order valence-electron chi connectivity index (χ3n) is 5.18. The van der Waals surface area contributed by atoms with Gasteiger partial charge in [-0.15, -0.1) is 0 Å². The first-order chi connectivity index (χ1) is 12.3. The zero-order valence-electron chi connectivity index (χ0n) is 16.0. The molecule has 3 rings (SSSR count). The van der Waals surface area contributed by atoms with E-state index in [1.165, 1.54) is 21.9 Å². The van der Waals surface area contributed by atoms with Crippen molar-refractivity contribution in [1.82, 2.24) is 14.7 Å². The van der Waals surface area contributed by atoms with Gasteiger partial charge in [-0.05, 0) is 55.4 Å². The van der Waals surface area contributed by atoms with Crippen molar-refractivity contribution < 1.29 is 4.79 Å². The molecule has 1 fully saturated rings. The van der Waals surface area contributed by atoms with Crippen molar-refractivity contribution in [2.45, 2.75) is 40.7 Å². The van der Waals surface area contributed by atoms with Gasteiger partial charge in [-0.3, -0.25) is 9.59 Å². The highest BCUT2D eigenvalue weighted by molar-refractivity contribution is 5.76. The van der Waals surface area contributed by atoms with Crippen LogP contribution in [0.3, 0.4) is 0 Å². The largest absolute Gasteiger partial charge is 0.341 e. The van der Waals surface area contributed by atoms with E-state index in [2.05, 4.69) is 38.9 Å². The van der Waals surface area contributed by atoms with Gasteiger partial charge in [0.25, 0.3) is 5.56 Å². The number of hydrogen-bond donors (Lipinski definition) is 0. The van der Waals surface area contributed by atoms with Crippen molar-refractivity contribution in [3.05, 3.63) is 51.8 Å². The van der Waals surface area contributed by atoms with Gasteiger partial charge < -0.3 is 4.90 Å². The number of nitrogens with zero attached hydrogens (tertiary/aromatic N) is 3. The van der Waals surface area contributed by atoms with E-state index >= 15 is 0 Å². The highest BCUT2D eigenvalue weighted by Gasteiger charge is 2.25. The quantitative estimate of drug-likeness (QED) is 0.852. The molecular formula is C21H27N3O2. The molecular weight excluding hydrogens is 326 g/mol. The van der Waals surface area contributed by atoms with Gasteiger partial charge >= 0.3 is 0 Å². The number of carbonyl (C=O) groups is 1. The van der Waals surface area contributed by atoms with Gasteiger partial charge in [-0.25, -0.2) is 4.68 Å². The number of likely N-dealkylation sites (tertiary alicyclic amines) is 1. The van der Waals surface area contributed by atoms with Crippen LogP contribution in [0.2, 0.25) is 0 Å². The second kappa shape index (κ2) is 7.44. The molecule has 0 unspecified atom stereocenters. The molecule has 2 aromatic rings. The maximum atomic E-state index is 12.7. The van der Waals surface area contributed by atoms with Crippen LogP contribution < -0.4 is 5.56 Å². The third-order valence-corrected chi connectivity index (χ3v) is 5.18. The fourth-order valence-corrected chi connectivity index (χ4v) is 3.71. The molecule has 1 saturated heterocycles. The summed E-state index contributed by atoms with van der Waals surface area (Å²) in [4.78, 5) is 26.8. The predicted octanol–water partition coefficient (Wildman–Crippen LogP) is 3.03. The van der Waals surface area contributed by atoms with Crippen molar-refractivity contribution in [2.75, 3.05) is 13.1 Å². The first-order valence-corrected chi connectivity index (χ1v) is 9.27. The Labute approximate surface area is 154 Å². The van der Waals surface area contributed by atoms with Crippen molar-refractivity contribution in [3.63, 3.8) is 0 Å². The van der Waals surface area contributed by atoms with E-state index in [-0.39, 0.29) is 18.0 Å². The van der Waals surface area contributed by atoms with E-state index in [0.29, 0.717) is 17.5 Å². The van der Waals surface area contributed by atoms with Crippen LogP contribution in [0.25, 0.3) is 11.3 Å². The van der Waals surface area contributed by atoms with Gasteiger partial charge in [0.05, 0.1) is 5.69 Å². The van der Waals surface area contributed by atoms with E-state index in [9.17, 15) is 9.59 Å². The summed E-state index contributed by atoms with van der Waals surface area (Å²) in [7, 11) is 0. The summed E-state index contributed by atoms with van der Waals surface area (Å²) in [6.07, 6.45) is 1.14. The summed E-state index contributed by atoms with van der Waals surface area (Å²) >= 11 is 0. The minimum atomic E-state index is -0.246. The fourth-order valence-electron chi connectivity index (χ4n) is 3.71. The molecule has 138 valence electrons. The normalized spacial score (nSPS) is 20.2. The molecule has 5 heteroatoms. The molecule has 1 aliphatic heterocycles. The predicted molar refractivity (Wildman–Crippen MR) is 103 cm³/mol. The molecule has 0 saturated carbocycles. The fraction of sp³-hybridized carbons (Fsp3) is 0.476. The second-order valence-electron chi connectivity index (χ2n) is 7.76. The SMILES string of the molecule is Cc1ccc(-c2ccc(=O)n(CC(=O)N3C[C@@H](C)C[C@H](C)C3)n2)cc1C. The van der Waals surface area contributed by atoms with Crippen molar-refractivity contribution >= 4 is 5.91 Å². The lowest BCUT2D eigenvalue weighted by Gasteiger charge is -2.35. The van der Waals surface area contributed by atoms with E-state index < -0.39 is 0 Å². The summed E-state index contributed by atoms with van der Waals surface area (Å²) < 4.78 is 1.29. The summed E-state index contributed by atoms with van der Waals surface area (Å²) in [5.41, 5.74) is 3.81. The van der Waals surface area contributed by atoms with Crippen LogP contribution in [0.15, 0.2) is 35.1 Å². The molecule has 2 atom stereocenters. The third kappa shape index (κ3) is 4.03. The van der Waals surface area contributed by atoms with Gasteiger partial charge in [0.1, 0.15) is 6.54 Å². The number of amides is 1. The number of piperidine rings is 1. The Morgan fingerprint density at radius 1 is 1.08 bits per heavy atom. The standard InChI is InChI=1S/C21H27N3O2/c1-14-9-15(2)12-23(11-14)21(26)13-24-20(25)8-7-19(22-24)18-6-5-16(3)17(4)10-18/h5-8,10,14-15H,9,11-13H2,1-4H3/t14-,15-/m0/s1. The van der Waals surface area contributed by atoms with Crippen LogP contribution in [-0.2, 0) is 11.3 Å². The van der Waals surface area contributed by atoms with Crippen LogP contribution in [-0.4, -0.2) is 33.7 Å². The number of benzene rings is 1. The molecule has 1 aromatic carbocycles. The van der Waals surface area contributed by atoms with Crippen molar-refractivity contribution in [3.8, 4) is 11.3 Å². The number of carbonyl (C=O) groups excluding carboxylic acids is 1. The van der Waals surface area contributed by atoms with E-state index in [4.69, 9.17) is 0 Å². The van der Waals surface area contributed by atoms with Gasteiger partial charge in [0, 0.05) is 24.7 Å². The van der Waals surface area contributed by atoms with E-state index in [0.717, 1.165) is 25.1 Å². The molecule has 1 amide bonds. The number of rotatable bonds is 3. The zero-order valence-corrected chi connectivity index (χ0v) is 16.0. The molecule has 0 radical (unpaired) electrons. The zero-order chi connectivity index (χ0) is 18.8. The molecule has 0 N–H and O–H groups in total. The monoisotopic (exact) mass is 353 g/mol. The van der Waals surface area contributed by atoms with Crippen LogP contribution in [0, 0.1) is 25.7 Å². The molecule has 5 nitrogen and oxygen atoms in total. The Bertz CT molecular complexity index is 862. The summed E-state index contributed by atoms with van der Waals surface area (Å²) in [5.74, 6) is 0.957. The van der Waals surface area contributed by atoms with E-state index in [1.807, 2.05) is 17.0 Å². The molecule has 0 aliphatic carbocycles. The average Bonchev–Trinajstić information content (AvgIpc) is 2.58. The van der Waals surface area contributed by atoms with Gasteiger partial charge in [0.2, 0.25) is 5.91 Å². The highest BCUT2D eigenvalue weighted by Crippen LogP contribution is 2.21. The first kappa shape index (κ1) is 18.4. The molecule has 1 aliphatic rings. The maximum absolute atomic E-state index is 12.7. The van der Waals surface area contributed by atoms with E-state index in [1.54, 1.807) is 6.07 Å². The molecule has 0 spiro atoms. The number of aryl methyl sites for hydroxylation is 2.